The van der Waals surface area contributed by atoms with Gasteiger partial charge in [0.2, 0.25) is 5.88 Å². The van der Waals surface area contributed by atoms with Crippen LogP contribution in [0.25, 0.3) is 0 Å². The van der Waals surface area contributed by atoms with Gasteiger partial charge in [-0.15, -0.1) is 11.3 Å². The van der Waals surface area contributed by atoms with Crippen LogP contribution in [0.2, 0.25) is 0 Å². The van der Waals surface area contributed by atoms with E-state index in [1.807, 2.05) is 25.3 Å². The van der Waals surface area contributed by atoms with Crippen molar-refractivity contribution in [2.45, 2.75) is 46.1 Å². The molecule has 8 nitrogen and oxygen atoms in total. The molecule has 1 atom stereocenters. The van der Waals surface area contributed by atoms with E-state index >= 15 is 0 Å². The second-order valence-electron chi connectivity index (χ2n) is 8.26. The quantitative estimate of drug-likeness (QED) is 0.729. The molecule has 1 aliphatic carbocycles. The summed E-state index contributed by atoms with van der Waals surface area (Å²) in [6, 6.07) is 1.98. The Morgan fingerprint density at radius 1 is 1.43 bits per heavy atom. The predicted octanol–water partition coefficient (Wildman–Crippen LogP) is 2.88. The van der Waals surface area contributed by atoms with Crippen molar-refractivity contribution in [1.29, 1.82) is 0 Å². The van der Waals surface area contributed by atoms with Gasteiger partial charge in [-0.2, -0.15) is 5.10 Å². The third-order valence-electron chi connectivity index (χ3n) is 5.22. The fourth-order valence-corrected chi connectivity index (χ4v) is 5.03. The normalized spacial score (nSPS) is 20.8. The summed E-state index contributed by atoms with van der Waals surface area (Å²) in [5, 5.41) is 6.12. The Hall–Kier alpha value is -2.94. The molecule has 1 unspecified atom stereocenters. The average Bonchev–Trinajstić information content (AvgIpc) is 3.32. The molecule has 0 spiro atoms. The number of hydrogen-bond acceptors (Lipinski definition) is 8. The summed E-state index contributed by atoms with van der Waals surface area (Å²) in [6.45, 7) is 6.52. The van der Waals surface area contributed by atoms with E-state index in [1.165, 1.54) is 17.7 Å². The van der Waals surface area contributed by atoms with Gasteiger partial charge in [-0.05, 0) is 29.3 Å². The van der Waals surface area contributed by atoms with Crippen LogP contribution >= 0.6 is 11.3 Å². The van der Waals surface area contributed by atoms with Crippen LogP contribution in [0.15, 0.2) is 46.9 Å². The van der Waals surface area contributed by atoms with E-state index in [9.17, 15) is 9.59 Å². The summed E-state index contributed by atoms with van der Waals surface area (Å²) in [4.78, 5) is 30.7. The van der Waals surface area contributed by atoms with Crippen LogP contribution in [0.5, 0.6) is 0 Å². The highest BCUT2D eigenvalue weighted by molar-refractivity contribution is 7.10. The van der Waals surface area contributed by atoms with E-state index in [4.69, 9.17) is 15.2 Å². The molecule has 0 saturated heterocycles. The van der Waals surface area contributed by atoms with Gasteiger partial charge in [0.15, 0.2) is 5.78 Å². The van der Waals surface area contributed by atoms with Gasteiger partial charge in [0.1, 0.15) is 24.0 Å². The first-order valence-electron chi connectivity index (χ1n) is 9.79. The Bertz CT molecular complexity index is 1050. The number of aromatic nitrogens is 3. The fraction of sp³-hybridized carbons (Fsp3) is 0.429. The third-order valence-corrected chi connectivity index (χ3v) is 6.27. The van der Waals surface area contributed by atoms with Crippen LogP contribution in [0.3, 0.4) is 0 Å². The van der Waals surface area contributed by atoms with Crippen molar-refractivity contribution in [3.05, 3.63) is 57.3 Å². The van der Waals surface area contributed by atoms with Crippen molar-refractivity contribution in [3.8, 4) is 0 Å². The minimum atomic E-state index is -0.592. The van der Waals surface area contributed by atoms with E-state index in [-0.39, 0.29) is 29.3 Å². The Kier molecular flexibility index (Phi) is 5.23. The zero-order valence-electron chi connectivity index (χ0n) is 17.2. The molecule has 30 heavy (non-hydrogen) atoms. The molecule has 3 heterocycles. The first-order chi connectivity index (χ1) is 14.3. The van der Waals surface area contributed by atoms with Crippen LogP contribution in [-0.4, -0.2) is 33.1 Å². The van der Waals surface area contributed by atoms with Gasteiger partial charge < -0.3 is 15.2 Å². The lowest BCUT2D eigenvalue weighted by Gasteiger charge is -2.37. The first kappa shape index (κ1) is 20.3. The molecule has 4 rings (SSSR count). The minimum Gasteiger partial charge on any atom is -0.462 e. The number of ketones is 1. The molecule has 0 bridgehead atoms. The fourth-order valence-electron chi connectivity index (χ4n) is 4.01. The molecule has 9 heteroatoms. The van der Waals surface area contributed by atoms with Gasteiger partial charge in [-0.25, -0.2) is 14.5 Å². The molecule has 2 aliphatic rings. The second-order valence-corrected chi connectivity index (χ2v) is 9.20. The number of allylic oxidation sites excluding steroid dienone is 2. The summed E-state index contributed by atoms with van der Waals surface area (Å²) >= 11 is 1.48. The number of carbonyl (C=O) groups is 2. The number of thiophene rings is 1. The molecular weight excluding hydrogens is 404 g/mol. The number of carbonyl (C=O) groups excluding carboxylic acids is 2. The third kappa shape index (κ3) is 3.77. The van der Waals surface area contributed by atoms with Gasteiger partial charge in [-0.1, -0.05) is 13.8 Å². The van der Waals surface area contributed by atoms with Gasteiger partial charge in [0, 0.05) is 23.3 Å². The second kappa shape index (κ2) is 7.71. The monoisotopic (exact) mass is 428 g/mol. The highest BCUT2D eigenvalue weighted by Gasteiger charge is 2.45. The number of rotatable bonds is 5. The van der Waals surface area contributed by atoms with E-state index in [1.54, 1.807) is 17.9 Å². The molecule has 2 aromatic heterocycles. The van der Waals surface area contributed by atoms with Crippen LogP contribution in [0.1, 0.15) is 50.0 Å². The lowest BCUT2D eigenvalue weighted by molar-refractivity contribution is -0.139. The summed E-state index contributed by atoms with van der Waals surface area (Å²) < 4.78 is 12.8. The van der Waals surface area contributed by atoms with Crippen molar-refractivity contribution in [3.63, 3.8) is 0 Å². The Morgan fingerprint density at radius 3 is 2.93 bits per heavy atom. The van der Waals surface area contributed by atoms with Gasteiger partial charge in [0.05, 0.1) is 19.1 Å². The summed E-state index contributed by atoms with van der Waals surface area (Å²) in [7, 11) is 0. The largest absolute Gasteiger partial charge is 0.462 e. The summed E-state index contributed by atoms with van der Waals surface area (Å²) in [5.74, 6) is -0.611. The number of esters is 1. The highest BCUT2D eigenvalue weighted by atomic mass is 32.1. The predicted molar refractivity (Wildman–Crippen MR) is 110 cm³/mol. The molecule has 0 fully saturated rings. The standard InChI is InChI=1S/C21H24N4O4S/c1-4-28-20(27)18-17(15-5-12(9-30-15)8-25-11-23-10-24-25)16-13(26)6-21(2,3)7-14(16)29-19(18)22/h5,9-11,17H,4,6-8,22H2,1-3H3. The molecule has 0 aromatic carbocycles. The molecular formula is C21H24N4O4S. The number of nitrogens with zero attached hydrogens (tertiary/aromatic N) is 3. The summed E-state index contributed by atoms with van der Waals surface area (Å²) in [5.41, 5.74) is 7.67. The smallest absolute Gasteiger partial charge is 0.340 e. The zero-order valence-corrected chi connectivity index (χ0v) is 18.0. The molecule has 2 aromatic rings. The lowest BCUT2D eigenvalue weighted by atomic mass is 9.71. The van der Waals surface area contributed by atoms with Crippen molar-refractivity contribution in [2.24, 2.45) is 11.1 Å². The van der Waals surface area contributed by atoms with Crippen molar-refractivity contribution in [1.82, 2.24) is 14.8 Å². The SMILES string of the molecule is CCOC(=O)C1=C(N)OC2=C(C(=O)CC(C)(C)C2)C1c1cc(Cn2cncn2)cs1. The number of Topliss-reactive ketones (excluding diaryl/α,β-unsaturated/α-hetero) is 1. The Labute approximate surface area is 178 Å². The van der Waals surface area contributed by atoms with E-state index in [0.717, 1.165) is 10.4 Å². The van der Waals surface area contributed by atoms with Gasteiger partial charge >= 0.3 is 5.97 Å². The Morgan fingerprint density at radius 2 is 2.23 bits per heavy atom. The van der Waals surface area contributed by atoms with Crippen molar-refractivity contribution < 1.29 is 19.1 Å². The molecule has 1 aliphatic heterocycles. The van der Waals surface area contributed by atoms with Crippen molar-refractivity contribution >= 4 is 23.1 Å². The lowest BCUT2D eigenvalue weighted by Crippen LogP contribution is -2.35. The van der Waals surface area contributed by atoms with Gasteiger partial charge in [-0.3, -0.25) is 4.79 Å². The molecule has 0 amide bonds. The van der Waals surface area contributed by atoms with Crippen LogP contribution in [0, 0.1) is 5.41 Å². The average molecular weight is 429 g/mol. The summed E-state index contributed by atoms with van der Waals surface area (Å²) in [6.07, 6.45) is 4.09. The molecule has 158 valence electrons. The van der Waals surface area contributed by atoms with Crippen LogP contribution in [-0.2, 0) is 25.6 Å². The maximum atomic E-state index is 13.2. The number of ether oxygens (including phenoxy) is 2. The van der Waals surface area contributed by atoms with Crippen LogP contribution in [0.4, 0.5) is 0 Å². The van der Waals surface area contributed by atoms with Crippen LogP contribution < -0.4 is 5.73 Å². The highest BCUT2D eigenvalue weighted by Crippen LogP contribution is 2.49. The van der Waals surface area contributed by atoms with Gasteiger partial charge in [0.25, 0.3) is 0 Å². The molecule has 2 N–H and O–H groups in total. The first-order valence-corrected chi connectivity index (χ1v) is 10.7. The van der Waals surface area contributed by atoms with E-state index in [2.05, 4.69) is 10.1 Å². The topological polar surface area (TPSA) is 109 Å². The van der Waals surface area contributed by atoms with E-state index in [0.29, 0.717) is 30.7 Å². The minimum absolute atomic E-state index is 0.00827. The Balaban J connectivity index is 1.78. The maximum Gasteiger partial charge on any atom is 0.340 e. The molecule has 0 saturated carbocycles. The van der Waals surface area contributed by atoms with E-state index < -0.39 is 11.9 Å². The zero-order chi connectivity index (χ0) is 21.5. The maximum absolute atomic E-state index is 13.2. The number of hydrogen-bond donors (Lipinski definition) is 1. The van der Waals surface area contributed by atoms with Crippen molar-refractivity contribution in [2.75, 3.05) is 6.61 Å². The molecule has 0 radical (unpaired) electrons. The number of nitrogens with two attached hydrogens (primary N) is 1.